The molecule has 0 radical (unpaired) electrons. The third kappa shape index (κ3) is 2.38. The molecule has 4 nitrogen and oxygen atoms in total. The van der Waals surface area contributed by atoms with Gasteiger partial charge < -0.3 is 14.6 Å². The van der Waals surface area contributed by atoms with Crippen LogP contribution in [0.1, 0.15) is 23.9 Å². The van der Waals surface area contributed by atoms with E-state index < -0.39 is 0 Å². The highest BCUT2D eigenvalue weighted by Gasteiger charge is 2.28. The highest BCUT2D eigenvalue weighted by Crippen LogP contribution is 2.32. The zero-order valence-corrected chi connectivity index (χ0v) is 11.8. The SMILES string of the molecule is Cc1nc2cc(C(C3CCNC3)N(C)C)ccc2o1. The van der Waals surface area contributed by atoms with Gasteiger partial charge in [-0.05, 0) is 57.2 Å². The fraction of sp³-hybridized carbons (Fsp3) is 0.533. The predicted octanol–water partition coefficient (Wildman–Crippen LogP) is 2.35. The van der Waals surface area contributed by atoms with Gasteiger partial charge >= 0.3 is 0 Å². The van der Waals surface area contributed by atoms with Gasteiger partial charge in [0.25, 0.3) is 0 Å². The number of hydrogen-bond acceptors (Lipinski definition) is 4. The summed E-state index contributed by atoms with van der Waals surface area (Å²) >= 11 is 0. The smallest absolute Gasteiger partial charge is 0.192 e. The topological polar surface area (TPSA) is 41.3 Å². The van der Waals surface area contributed by atoms with Gasteiger partial charge in [0.1, 0.15) is 5.52 Å². The van der Waals surface area contributed by atoms with Gasteiger partial charge in [-0.15, -0.1) is 0 Å². The van der Waals surface area contributed by atoms with Crippen LogP contribution in [0.3, 0.4) is 0 Å². The van der Waals surface area contributed by atoms with E-state index in [1.165, 1.54) is 12.0 Å². The van der Waals surface area contributed by atoms with Gasteiger partial charge in [0.15, 0.2) is 11.5 Å². The molecular formula is C15H21N3O. The number of nitrogens with one attached hydrogen (secondary N) is 1. The fourth-order valence-electron chi connectivity index (χ4n) is 3.18. The largest absolute Gasteiger partial charge is 0.441 e. The van der Waals surface area contributed by atoms with Crippen molar-refractivity contribution in [2.75, 3.05) is 27.2 Å². The van der Waals surface area contributed by atoms with E-state index in [4.69, 9.17) is 4.42 Å². The Morgan fingerprint density at radius 1 is 1.42 bits per heavy atom. The maximum atomic E-state index is 5.55. The van der Waals surface area contributed by atoms with E-state index in [-0.39, 0.29) is 0 Å². The van der Waals surface area contributed by atoms with Gasteiger partial charge in [-0.3, -0.25) is 0 Å². The number of benzene rings is 1. The zero-order valence-electron chi connectivity index (χ0n) is 11.8. The quantitative estimate of drug-likeness (QED) is 0.918. The lowest BCUT2D eigenvalue weighted by Gasteiger charge is -2.29. The molecule has 2 atom stereocenters. The number of nitrogens with zero attached hydrogens (tertiary/aromatic N) is 2. The van der Waals surface area contributed by atoms with Crippen LogP contribution in [0.15, 0.2) is 22.6 Å². The first-order valence-corrected chi connectivity index (χ1v) is 6.89. The summed E-state index contributed by atoms with van der Waals surface area (Å²) in [6.45, 7) is 4.11. The van der Waals surface area contributed by atoms with Crippen LogP contribution in [0.2, 0.25) is 0 Å². The maximum Gasteiger partial charge on any atom is 0.192 e. The van der Waals surface area contributed by atoms with E-state index in [1.807, 2.05) is 13.0 Å². The van der Waals surface area contributed by atoms with Gasteiger partial charge in [-0.25, -0.2) is 4.98 Å². The Labute approximate surface area is 113 Å². The van der Waals surface area contributed by atoms with Gasteiger partial charge in [-0.1, -0.05) is 6.07 Å². The molecule has 102 valence electrons. The molecule has 1 aliphatic heterocycles. The molecule has 0 spiro atoms. The Morgan fingerprint density at radius 3 is 2.95 bits per heavy atom. The molecule has 1 aliphatic rings. The summed E-state index contributed by atoms with van der Waals surface area (Å²) in [6, 6.07) is 6.84. The molecule has 1 saturated heterocycles. The van der Waals surface area contributed by atoms with Crippen LogP contribution < -0.4 is 5.32 Å². The molecule has 1 aromatic carbocycles. The minimum atomic E-state index is 0.441. The third-order valence-corrected chi connectivity index (χ3v) is 3.96. The van der Waals surface area contributed by atoms with Gasteiger partial charge in [0.05, 0.1) is 0 Å². The van der Waals surface area contributed by atoms with E-state index >= 15 is 0 Å². The predicted molar refractivity (Wildman–Crippen MR) is 76.2 cm³/mol. The first-order valence-electron chi connectivity index (χ1n) is 6.89. The average Bonchev–Trinajstić information content (AvgIpc) is 2.96. The minimum Gasteiger partial charge on any atom is -0.441 e. The lowest BCUT2D eigenvalue weighted by molar-refractivity contribution is 0.223. The Bertz CT molecular complexity index is 570. The van der Waals surface area contributed by atoms with Crippen LogP contribution in [0.25, 0.3) is 11.1 Å². The summed E-state index contributed by atoms with van der Waals surface area (Å²) in [5.41, 5.74) is 3.18. The summed E-state index contributed by atoms with van der Waals surface area (Å²) < 4.78 is 5.55. The molecule has 1 N–H and O–H groups in total. The number of fused-ring (bicyclic) bond motifs is 1. The molecule has 0 aliphatic carbocycles. The highest BCUT2D eigenvalue weighted by molar-refractivity contribution is 5.73. The maximum absolute atomic E-state index is 5.55. The second-order valence-electron chi connectivity index (χ2n) is 5.62. The second kappa shape index (κ2) is 4.94. The van der Waals surface area contributed by atoms with Crippen molar-refractivity contribution in [1.82, 2.24) is 15.2 Å². The van der Waals surface area contributed by atoms with Crippen LogP contribution >= 0.6 is 0 Å². The first-order chi connectivity index (χ1) is 9.15. The van der Waals surface area contributed by atoms with E-state index in [1.54, 1.807) is 0 Å². The van der Waals surface area contributed by atoms with Crippen LogP contribution in [0.5, 0.6) is 0 Å². The van der Waals surface area contributed by atoms with Crippen molar-refractivity contribution in [2.24, 2.45) is 5.92 Å². The van der Waals surface area contributed by atoms with Crippen molar-refractivity contribution < 1.29 is 4.42 Å². The number of oxazole rings is 1. The first kappa shape index (κ1) is 12.6. The number of hydrogen-bond donors (Lipinski definition) is 1. The van der Waals surface area contributed by atoms with E-state index in [9.17, 15) is 0 Å². The molecule has 2 unspecified atom stereocenters. The lowest BCUT2D eigenvalue weighted by Crippen LogP contribution is -2.28. The molecule has 1 aromatic heterocycles. The molecule has 3 rings (SSSR count). The zero-order chi connectivity index (χ0) is 13.4. The molecule has 2 heterocycles. The van der Waals surface area contributed by atoms with E-state index in [0.29, 0.717) is 12.0 Å². The molecule has 1 fully saturated rings. The van der Waals surface area contributed by atoms with Crippen LogP contribution in [0.4, 0.5) is 0 Å². The van der Waals surface area contributed by atoms with Crippen molar-refractivity contribution in [2.45, 2.75) is 19.4 Å². The monoisotopic (exact) mass is 259 g/mol. The lowest BCUT2D eigenvalue weighted by atomic mass is 9.91. The van der Waals surface area contributed by atoms with Crippen molar-refractivity contribution in [3.63, 3.8) is 0 Å². The Balaban J connectivity index is 1.99. The normalized spacial score (nSPS) is 21.4. The second-order valence-corrected chi connectivity index (χ2v) is 5.62. The van der Waals surface area contributed by atoms with Crippen molar-refractivity contribution in [3.05, 3.63) is 29.7 Å². The third-order valence-electron chi connectivity index (χ3n) is 3.96. The summed E-state index contributed by atoms with van der Waals surface area (Å²) in [7, 11) is 4.31. The molecule has 0 saturated carbocycles. The summed E-state index contributed by atoms with van der Waals surface area (Å²) in [5.74, 6) is 1.40. The number of aryl methyl sites for hydroxylation is 1. The van der Waals surface area contributed by atoms with Gasteiger partial charge in [-0.2, -0.15) is 0 Å². The standard InChI is InChI=1S/C15H21N3O/c1-10-17-13-8-11(4-5-14(13)19-10)15(18(2)3)12-6-7-16-9-12/h4-5,8,12,15-16H,6-7,9H2,1-3H3. The van der Waals surface area contributed by atoms with Crippen molar-refractivity contribution in [1.29, 1.82) is 0 Å². The Kier molecular flexibility index (Phi) is 3.29. The highest BCUT2D eigenvalue weighted by atomic mass is 16.3. The van der Waals surface area contributed by atoms with E-state index in [2.05, 4.69) is 41.4 Å². The number of aromatic nitrogens is 1. The van der Waals surface area contributed by atoms with Crippen molar-refractivity contribution in [3.8, 4) is 0 Å². The molecule has 0 bridgehead atoms. The molecule has 0 amide bonds. The summed E-state index contributed by atoms with van der Waals surface area (Å²) in [6.07, 6.45) is 1.23. The molecule has 19 heavy (non-hydrogen) atoms. The number of rotatable bonds is 3. The Morgan fingerprint density at radius 2 is 2.26 bits per heavy atom. The van der Waals surface area contributed by atoms with Crippen LogP contribution in [-0.2, 0) is 0 Å². The van der Waals surface area contributed by atoms with E-state index in [0.717, 1.165) is 30.1 Å². The minimum absolute atomic E-state index is 0.441. The van der Waals surface area contributed by atoms with Crippen LogP contribution in [0, 0.1) is 12.8 Å². The summed E-state index contributed by atoms with van der Waals surface area (Å²) in [4.78, 5) is 6.75. The van der Waals surface area contributed by atoms with Gasteiger partial charge in [0, 0.05) is 13.0 Å². The average molecular weight is 259 g/mol. The molecule has 4 heteroatoms. The summed E-state index contributed by atoms with van der Waals surface area (Å²) in [5, 5.41) is 3.46. The van der Waals surface area contributed by atoms with Crippen LogP contribution in [-0.4, -0.2) is 37.1 Å². The Hall–Kier alpha value is -1.39. The van der Waals surface area contributed by atoms with Crippen molar-refractivity contribution >= 4 is 11.1 Å². The molecular weight excluding hydrogens is 238 g/mol. The molecule has 2 aromatic rings. The fourth-order valence-corrected chi connectivity index (χ4v) is 3.18. The van der Waals surface area contributed by atoms with Gasteiger partial charge in [0.2, 0.25) is 0 Å².